The number of nitro groups is 1. The highest BCUT2D eigenvalue weighted by Gasteiger charge is 2.39. The van der Waals surface area contributed by atoms with Gasteiger partial charge >= 0.3 is 18.5 Å². The molecule has 1 saturated carbocycles. The van der Waals surface area contributed by atoms with E-state index in [1.54, 1.807) is 12.1 Å². The lowest BCUT2D eigenvalue weighted by atomic mass is 9.92. The molecule has 1 N–H and O–H groups in total. The number of hydrogen-bond donors (Lipinski definition) is 1. The summed E-state index contributed by atoms with van der Waals surface area (Å²) in [6.07, 6.45) is -11.9. The van der Waals surface area contributed by atoms with Gasteiger partial charge in [-0.3, -0.25) is 14.9 Å². The summed E-state index contributed by atoms with van der Waals surface area (Å²) in [5.41, 5.74) is -5.58. The second-order valence-electron chi connectivity index (χ2n) is 12.0. The van der Waals surface area contributed by atoms with E-state index in [1.165, 1.54) is 17.2 Å². The summed E-state index contributed by atoms with van der Waals surface area (Å²) in [4.78, 5) is 30.4. The Morgan fingerprint density at radius 3 is 2.02 bits per heavy atom. The zero-order chi connectivity index (χ0) is 36.4. The molecule has 0 atom stereocenters. The predicted molar refractivity (Wildman–Crippen MR) is 162 cm³/mol. The summed E-state index contributed by atoms with van der Waals surface area (Å²) in [7, 11) is 0. The predicted octanol–water partition coefficient (Wildman–Crippen LogP) is 7.74. The minimum absolute atomic E-state index is 0.0168. The maximum atomic E-state index is 13.3. The molecule has 1 saturated heterocycles. The van der Waals surface area contributed by atoms with Gasteiger partial charge in [0.15, 0.2) is 0 Å². The number of piperazine rings is 1. The number of rotatable bonds is 8. The topological polar surface area (TPSA) is 101 Å². The maximum absolute atomic E-state index is 13.3. The van der Waals surface area contributed by atoms with Crippen LogP contribution in [0.15, 0.2) is 54.7 Å². The van der Waals surface area contributed by atoms with E-state index in [0.29, 0.717) is 62.5 Å². The number of carbonyl (C=O) groups excluding carboxylic acids is 1. The lowest BCUT2D eigenvalue weighted by Crippen LogP contribution is -2.49. The van der Waals surface area contributed by atoms with Crippen LogP contribution in [0, 0.1) is 10.1 Å². The lowest BCUT2D eigenvalue weighted by molar-refractivity contribution is -0.388. The Bertz CT molecular complexity index is 1670. The molecule has 1 aromatic heterocycles. The highest BCUT2D eigenvalue weighted by atomic mass is 19.4. The van der Waals surface area contributed by atoms with Gasteiger partial charge in [-0.1, -0.05) is 0 Å². The molecular weight excluding hydrogens is 689 g/mol. The van der Waals surface area contributed by atoms with Gasteiger partial charge in [0.25, 0.3) is 5.69 Å². The van der Waals surface area contributed by atoms with Crippen molar-refractivity contribution in [2.24, 2.45) is 0 Å². The first-order valence-corrected chi connectivity index (χ1v) is 15.4. The van der Waals surface area contributed by atoms with Crippen molar-refractivity contribution in [1.29, 1.82) is 0 Å². The smallest absolute Gasteiger partial charge is 0.423 e. The van der Waals surface area contributed by atoms with Gasteiger partial charge in [-0.15, -0.1) is 0 Å². The Kier molecular flexibility index (Phi) is 10.4. The molecule has 3 aromatic rings. The molecule has 2 heterocycles. The van der Waals surface area contributed by atoms with Crippen molar-refractivity contribution in [1.82, 2.24) is 9.88 Å². The number of nitro benzene ring substituents is 1. The molecule has 9 nitrogen and oxygen atoms in total. The first-order valence-electron chi connectivity index (χ1n) is 15.4. The Labute approximate surface area is 279 Å². The van der Waals surface area contributed by atoms with Gasteiger partial charge in [-0.2, -0.15) is 39.5 Å². The molecule has 2 fully saturated rings. The van der Waals surface area contributed by atoms with Gasteiger partial charge in [0, 0.05) is 56.2 Å². The number of ether oxygens (including phenoxy) is 1. The lowest BCUT2D eigenvalue weighted by Gasteiger charge is -2.36. The summed E-state index contributed by atoms with van der Waals surface area (Å²) in [6, 6.07) is 7.11. The number of carbonyl (C=O) groups is 1. The SMILES string of the molecule is O=C(Cc1cc(C(F)(F)F)cc(C(F)(F)F)c1)N1CCN(c2cc(O[C@H]3CC[C@H](Nc4ccc([N+](=O)[O-])c(C(F)(F)F)c4)CC3)ccn2)CC1. The van der Waals surface area contributed by atoms with Crippen molar-refractivity contribution in [2.45, 2.75) is 62.8 Å². The second-order valence-corrected chi connectivity index (χ2v) is 12.0. The van der Waals surface area contributed by atoms with E-state index >= 15 is 0 Å². The summed E-state index contributed by atoms with van der Waals surface area (Å²) in [6.45, 7) is 0.919. The summed E-state index contributed by atoms with van der Waals surface area (Å²) in [5.74, 6) is 0.443. The van der Waals surface area contributed by atoms with Gasteiger partial charge in [0.1, 0.15) is 17.1 Å². The van der Waals surface area contributed by atoms with Crippen LogP contribution >= 0.6 is 0 Å². The third-order valence-electron chi connectivity index (χ3n) is 8.52. The van der Waals surface area contributed by atoms with Crippen molar-refractivity contribution in [2.75, 3.05) is 36.4 Å². The van der Waals surface area contributed by atoms with Gasteiger partial charge in [0.05, 0.1) is 28.6 Å². The van der Waals surface area contributed by atoms with Gasteiger partial charge in [0.2, 0.25) is 5.91 Å². The van der Waals surface area contributed by atoms with Crippen LogP contribution in [0.25, 0.3) is 0 Å². The highest BCUT2D eigenvalue weighted by molar-refractivity contribution is 5.79. The molecule has 2 aliphatic rings. The summed E-state index contributed by atoms with van der Waals surface area (Å²) < 4.78 is 126. The van der Waals surface area contributed by atoms with E-state index in [1.807, 2.05) is 4.90 Å². The van der Waals surface area contributed by atoms with Gasteiger partial charge < -0.3 is 19.9 Å². The number of nitrogens with one attached hydrogen (secondary N) is 1. The number of nitrogens with zero attached hydrogens (tertiary/aromatic N) is 4. The monoisotopic (exact) mass is 719 g/mol. The van der Waals surface area contributed by atoms with Crippen LogP contribution in [0.3, 0.4) is 0 Å². The average Bonchev–Trinajstić information content (AvgIpc) is 3.04. The molecule has 5 rings (SSSR count). The van der Waals surface area contributed by atoms with Crippen LogP contribution in [0.1, 0.15) is 47.9 Å². The van der Waals surface area contributed by atoms with E-state index in [-0.39, 0.29) is 37.0 Å². The Balaban J connectivity index is 1.12. The van der Waals surface area contributed by atoms with Crippen molar-refractivity contribution in [3.05, 3.63) is 87.1 Å². The zero-order valence-electron chi connectivity index (χ0n) is 26.0. The fourth-order valence-corrected chi connectivity index (χ4v) is 6.00. The van der Waals surface area contributed by atoms with Crippen LogP contribution in [0.5, 0.6) is 5.75 Å². The zero-order valence-corrected chi connectivity index (χ0v) is 26.0. The van der Waals surface area contributed by atoms with Crippen molar-refractivity contribution >= 4 is 23.1 Å². The number of halogens is 9. The van der Waals surface area contributed by atoms with Crippen molar-refractivity contribution in [3.63, 3.8) is 0 Å². The van der Waals surface area contributed by atoms with Crippen LogP contribution in [-0.4, -0.2) is 59.0 Å². The van der Waals surface area contributed by atoms with Crippen LogP contribution in [-0.2, 0) is 29.7 Å². The number of alkyl halides is 9. The maximum Gasteiger partial charge on any atom is 0.423 e. The fourth-order valence-electron chi connectivity index (χ4n) is 6.00. The normalized spacial score (nSPS) is 18.9. The third kappa shape index (κ3) is 9.06. The minimum Gasteiger partial charge on any atom is -0.490 e. The molecule has 50 heavy (non-hydrogen) atoms. The Hall–Kier alpha value is -4.77. The van der Waals surface area contributed by atoms with E-state index in [2.05, 4.69) is 10.3 Å². The summed E-state index contributed by atoms with van der Waals surface area (Å²) in [5, 5.41) is 14.0. The van der Waals surface area contributed by atoms with Gasteiger partial charge in [-0.05, 0) is 67.6 Å². The molecule has 0 radical (unpaired) electrons. The molecule has 1 aliphatic carbocycles. The quantitative estimate of drug-likeness (QED) is 0.145. The Morgan fingerprint density at radius 2 is 1.46 bits per heavy atom. The van der Waals surface area contributed by atoms with E-state index < -0.39 is 63.7 Å². The fraction of sp³-hybridized carbons (Fsp3) is 0.438. The number of aromatic nitrogens is 1. The van der Waals surface area contributed by atoms with E-state index in [9.17, 15) is 54.4 Å². The standard InChI is InChI=1S/C32H30F9N5O4/c33-30(34,35)20-13-19(14-21(16-20)31(36,37)38)15-29(47)45-11-9-44(10-12-45)28-18-25(7-8-42-28)50-24-4-1-22(2-5-24)43-23-3-6-27(46(48)49)26(17-23)32(39,40)41/h3,6-8,13-14,16-18,22,24,43H,1-2,4-5,9-12,15H2/t22-,24-. The van der Waals surface area contributed by atoms with Crippen LogP contribution in [0.4, 0.5) is 56.7 Å². The van der Waals surface area contributed by atoms with Crippen LogP contribution < -0.4 is 15.0 Å². The molecule has 2 aromatic carbocycles. The Morgan fingerprint density at radius 1 is 0.840 bits per heavy atom. The molecular formula is C32H30F9N5O4. The molecule has 18 heteroatoms. The largest absolute Gasteiger partial charge is 0.490 e. The van der Waals surface area contributed by atoms with Gasteiger partial charge in [-0.25, -0.2) is 4.98 Å². The molecule has 0 spiro atoms. The van der Waals surface area contributed by atoms with Crippen LogP contribution in [0.2, 0.25) is 0 Å². The number of pyridine rings is 1. The summed E-state index contributed by atoms with van der Waals surface area (Å²) >= 11 is 0. The molecule has 0 bridgehead atoms. The first-order chi connectivity index (χ1) is 23.4. The molecule has 1 amide bonds. The van der Waals surface area contributed by atoms with E-state index in [4.69, 9.17) is 4.74 Å². The molecule has 0 unspecified atom stereocenters. The second kappa shape index (κ2) is 14.2. The van der Waals surface area contributed by atoms with Crippen molar-refractivity contribution in [3.8, 4) is 5.75 Å². The third-order valence-corrected chi connectivity index (χ3v) is 8.52. The number of hydrogen-bond acceptors (Lipinski definition) is 7. The average molecular weight is 720 g/mol. The van der Waals surface area contributed by atoms with Crippen molar-refractivity contribution < 1.29 is 54.0 Å². The minimum atomic E-state index is -5.02. The number of amides is 1. The first kappa shape index (κ1) is 36.5. The molecule has 270 valence electrons. The molecule has 1 aliphatic heterocycles. The highest BCUT2D eigenvalue weighted by Crippen LogP contribution is 2.39. The van der Waals surface area contributed by atoms with E-state index in [0.717, 1.165) is 12.1 Å². The number of anilines is 2. The number of benzene rings is 2.